The van der Waals surface area contributed by atoms with Crippen molar-refractivity contribution in [3.05, 3.63) is 0 Å². The summed E-state index contributed by atoms with van der Waals surface area (Å²) in [7, 11) is 0. The lowest BCUT2D eigenvalue weighted by molar-refractivity contribution is -0.210. The van der Waals surface area contributed by atoms with Crippen LogP contribution in [0.25, 0.3) is 0 Å². The van der Waals surface area contributed by atoms with Gasteiger partial charge < -0.3 is 15.4 Å². The lowest BCUT2D eigenvalue weighted by Crippen LogP contribution is -2.62. The van der Waals surface area contributed by atoms with Gasteiger partial charge in [0.15, 0.2) is 0 Å². The highest BCUT2D eigenvalue weighted by Crippen LogP contribution is 2.69. The van der Waals surface area contributed by atoms with Crippen LogP contribution in [0, 0.1) is 34.5 Å². The van der Waals surface area contributed by atoms with E-state index in [0.29, 0.717) is 29.1 Å². The van der Waals surface area contributed by atoms with E-state index in [1.807, 2.05) is 0 Å². The molecule has 4 fully saturated rings. The van der Waals surface area contributed by atoms with Gasteiger partial charge in [-0.3, -0.25) is 0 Å². The number of rotatable bonds is 3. The van der Waals surface area contributed by atoms with Gasteiger partial charge in [-0.2, -0.15) is 0 Å². The molecule has 3 N–H and O–H groups in total. The summed E-state index contributed by atoms with van der Waals surface area (Å²) in [4.78, 5) is 0. The van der Waals surface area contributed by atoms with Gasteiger partial charge in [0, 0.05) is 6.21 Å². The molecule has 4 aliphatic carbocycles. The van der Waals surface area contributed by atoms with Crippen LogP contribution in [0.15, 0.2) is 5.16 Å². The van der Waals surface area contributed by atoms with Gasteiger partial charge in [0.25, 0.3) is 0 Å². The van der Waals surface area contributed by atoms with Crippen molar-refractivity contribution < 1.29 is 15.4 Å². The van der Waals surface area contributed by atoms with Crippen molar-refractivity contribution in [2.24, 2.45) is 39.7 Å². The molecule has 148 valence electrons. The molecule has 0 aromatic heterocycles. The standard InChI is InChI=1S/C22H37NO3/c1-20-10-8-17(24)14-16(20)5-6-19-18(20)9-11-21(2)15(4-3-13-23-26)7-12-22(19,21)25/h13,15-19,24-26H,3-12,14H2,1-2H3/b23-13+/t15?,16?,17?,18-,19-,20+,21-,22-/m1/s1. The highest BCUT2D eigenvalue weighted by atomic mass is 16.4. The molecule has 0 aromatic carbocycles. The van der Waals surface area contributed by atoms with Gasteiger partial charge in [-0.05, 0) is 105 Å². The van der Waals surface area contributed by atoms with E-state index in [2.05, 4.69) is 19.0 Å². The van der Waals surface area contributed by atoms with E-state index in [-0.39, 0.29) is 11.5 Å². The number of hydrogen-bond acceptors (Lipinski definition) is 4. The fourth-order valence-corrected chi connectivity index (χ4v) is 8.11. The Morgan fingerprint density at radius 3 is 2.58 bits per heavy atom. The lowest BCUT2D eigenvalue weighted by Gasteiger charge is -2.63. The van der Waals surface area contributed by atoms with E-state index in [0.717, 1.165) is 57.8 Å². The largest absolute Gasteiger partial charge is 0.411 e. The molecule has 4 nitrogen and oxygen atoms in total. The minimum absolute atomic E-state index is 0.00877. The average Bonchev–Trinajstić information content (AvgIpc) is 2.88. The van der Waals surface area contributed by atoms with Crippen LogP contribution < -0.4 is 0 Å². The third-order valence-electron chi connectivity index (χ3n) is 9.74. The number of fused-ring (bicyclic) bond motifs is 5. The van der Waals surface area contributed by atoms with Crippen molar-refractivity contribution in [3.8, 4) is 0 Å². The van der Waals surface area contributed by atoms with Crippen LogP contribution in [0.3, 0.4) is 0 Å². The Kier molecular flexibility index (Phi) is 4.67. The second kappa shape index (κ2) is 6.48. The number of nitrogens with zero attached hydrogens (tertiary/aromatic N) is 1. The molecule has 4 saturated carbocycles. The minimum Gasteiger partial charge on any atom is -0.411 e. The Morgan fingerprint density at radius 1 is 1.00 bits per heavy atom. The van der Waals surface area contributed by atoms with Gasteiger partial charge in [-0.1, -0.05) is 13.8 Å². The first-order chi connectivity index (χ1) is 12.3. The molecule has 3 unspecified atom stereocenters. The van der Waals surface area contributed by atoms with Crippen LogP contribution in [0.2, 0.25) is 0 Å². The van der Waals surface area contributed by atoms with E-state index in [1.54, 1.807) is 6.21 Å². The van der Waals surface area contributed by atoms with E-state index >= 15 is 0 Å². The highest BCUT2D eigenvalue weighted by Gasteiger charge is 2.66. The first-order valence-corrected chi connectivity index (χ1v) is 10.9. The quantitative estimate of drug-likeness (QED) is 0.396. The van der Waals surface area contributed by atoms with Crippen molar-refractivity contribution in [2.45, 2.75) is 96.2 Å². The smallest absolute Gasteiger partial charge is 0.0734 e. The van der Waals surface area contributed by atoms with Gasteiger partial charge in [0.1, 0.15) is 0 Å². The van der Waals surface area contributed by atoms with Gasteiger partial charge in [0.05, 0.1) is 11.7 Å². The van der Waals surface area contributed by atoms with E-state index in [9.17, 15) is 10.2 Å². The maximum atomic E-state index is 12.0. The summed E-state index contributed by atoms with van der Waals surface area (Å²) in [5, 5.41) is 34.0. The number of aliphatic hydroxyl groups excluding tert-OH is 1. The van der Waals surface area contributed by atoms with Gasteiger partial charge in [-0.15, -0.1) is 5.16 Å². The topological polar surface area (TPSA) is 73.1 Å². The Bertz CT molecular complexity index is 566. The maximum absolute atomic E-state index is 12.0. The Morgan fingerprint density at radius 2 is 1.81 bits per heavy atom. The van der Waals surface area contributed by atoms with Crippen LogP contribution in [-0.2, 0) is 0 Å². The first-order valence-electron chi connectivity index (χ1n) is 10.9. The molecular weight excluding hydrogens is 326 g/mol. The monoisotopic (exact) mass is 363 g/mol. The maximum Gasteiger partial charge on any atom is 0.0734 e. The summed E-state index contributed by atoms with van der Waals surface area (Å²) in [6.07, 6.45) is 13.1. The van der Waals surface area contributed by atoms with Crippen molar-refractivity contribution >= 4 is 6.21 Å². The molecule has 0 heterocycles. The van der Waals surface area contributed by atoms with Crippen molar-refractivity contribution in [1.29, 1.82) is 0 Å². The lowest BCUT2D eigenvalue weighted by atomic mass is 9.43. The summed E-state index contributed by atoms with van der Waals surface area (Å²) in [5.41, 5.74) is -0.212. The number of aliphatic hydroxyl groups is 2. The normalized spacial score (nSPS) is 53.9. The Balaban J connectivity index is 1.58. The van der Waals surface area contributed by atoms with Crippen molar-refractivity contribution in [1.82, 2.24) is 0 Å². The highest BCUT2D eigenvalue weighted by molar-refractivity contribution is 5.56. The summed E-state index contributed by atoms with van der Waals surface area (Å²) in [6, 6.07) is 0. The zero-order valence-corrected chi connectivity index (χ0v) is 16.5. The molecule has 0 saturated heterocycles. The van der Waals surface area contributed by atoms with Gasteiger partial charge >= 0.3 is 0 Å². The number of hydrogen-bond donors (Lipinski definition) is 3. The second-order valence-electron chi connectivity index (χ2n) is 10.4. The first kappa shape index (κ1) is 18.7. The van der Waals surface area contributed by atoms with Crippen LogP contribution in [0.1, 0.15) is 84.5 Å². The average molecular weight is 364 g/mol. The molecule has 8 atom stereocenters. The fourth-order valence-electron chi connectivity index (χ4n) is 8.11. The van der Waals surface area contributed by atoms with E-state index in [4.69, 9.17) is 5.21 Å². The Labute approximate surface area is 158 Å². The molecule has 0 aliphatic heterocycles. The third kappa shape index (κ3) is 2.51. The molecule has 0 bridgehead atoms. The van der Waals surface area contributed by atoms with E-state index in [1.165, 1.54) is 12.8 Å². The second-order valence-corrected chi connectivity index (χ2v) is 10.4. The molecule has 4 aliphatic rings. The summed E-state index contributed by atoms with van der Waals surface area (Å²) < 4.78 is 0. The molecule has 0 radical (unpaired) electrons. The van der Waals surface area contributed by atoms with Crippen LogP contribution in [0.5, 0.6) is 0 Å². The summed E-state index contributed by atoms with van der Waals surface area (Å²) >= 11 is 0. The van der Waals surface area contributed by atoms with Crippen LogP contribution >= 0.6 is 0 Å². The van der Waals surface area contributed by atoms with Gasteiger partial charge in [0.2, 0.25) is 0 Å². The predicted octanol–water partition coefficient (Wildman–Crippen LogP) is 4.36. The van der Waals surface area contributed by atoms with Crippen molar-refractivity contribution in [3.63, 3.8) is 0 Å². The molecule has 4 rings (SSSR count). The molecule has 0 aromatic rings. The van der Waals surface area contributed by atoms with Crippen LogP contribution in [-0.4, -0.2) is 33.3 Å². The molecule has 4 heteroatoms. The van der Waals surface area contributed by atoms with Gasteiger partial charge in [-0.25, -0.2) is 0 Å². The molecule has 26 heavy (non-hydrogen) atoms. The Hall–Kier alpha value is -0.610. The van der Waals surface area contributed by atoms with Crippen LogP contribution in [0.4, 0.5) is 0 Å². The predicted molar refractivity (Wildman–Crippen MR) is 102 cm³/mol. The molecule has 0 spiro atoms. The summed E-state index contributed by atoms with van der Waals surface area (Å²) in [6.45, 7) is 4.81. The minimum atomic E-state index is -0.527. The van der Waals surface area contributed by atoms with E-state index < -0.39 is 5.60 Å². The SMILES string of the molecule is C[C@]12CCC(O)CC1CC[C@@H]1[C@H]2CC[C@]2(C)C(CC/C=N/O)CC[C@@]12O. The zero-order valence-electron chi connectivity index (χ0n) is 16.5. The summed E-state index contributed by atoms with van der Waals surface area (Å²) in [5.74, 6) is 2.21. The fraction of sp³-hybridized carbons (Fsp3) is 0.955. The third-order valence-corrected chi connectivity index (χ3v) is 9.74. The molecular formula is C22H37NO3. The van der Waals surface area contributed by atoms with Crippen molar-refractivity contribution in [2.75, 3.05) is 0 Å². The zero-order chi connectivity index (χ0) is 18.6. The molecule has 0 amide bonds. The number of oxime groups is 1.